The molecule has 1 rings (SSSR count). The fraction of sp³-hybridized carbons (Fsp3) is 0. The molecule has 1 aliphatic rings. The summed E-state index contributed by atoms with van der Waals surface area (Å²) in [5.41, 5.74) is 0. The molecule has 10 heavy (non-hydrogen) atoms. The molecule has 0 amide bonds. The van der Waals surface area contributed by atoms with E-state index in [2.05, 4.69) is 6.58 Å². The van der Waals surface area contributed by atoms with Gasteiger partial charge in [0.1, 0.15) is 0 Å². The van der Waals surface area contributed by atoms with Crippen LogP contribution in [0.5, 0.6) is 0 Å². The second-order valence-electron chi connectivity index (χ2n) is 1.76. The zero-order chi connectivity index (χ0) is 7.56. The van der Waals surface area contributed by atoms with Gasteiger partial charge in [-0.25, -0.2) is 0 Å². The number of hydrogen-bond donors (Lipinski definition) is 1. The van der Waals surface area contributed by atoms with Gasteiger partial charge in [0.15, 0.2) is 0 Å². The van der Waals surface area contributed by atoms with Crippen molar-refractivity contribution in [2.45, 2.75) is 0 Å². The van der Waals surface area contributed by atoms with Crippen molar-refractivity contribution < 1.29 is 4.92 Å². The van der Waals surface area contributed by atoms with Crippen LogP contribution in [0.1, 0.15) is 0 Å². The van der Waals surface area contributed by atoms with E-state index in [0.29, 0.717) is 0 Å². The predicted molar refractivity (Wildman–Crippen MR) is 43.4 cm³/mol. The first kappa shape index (κ1) is 7.08. The maximum atomic E-state index is 10.1. The lowest BCUT2D eigenvalue weighted by molar-refractivity contribution is -0.409. The molecule has 0 aromatic rings. The summed E-state index contributed by atoms with van der Waals surface area (Å²) >= 11 is 0. The number of thiol groups is 1. The molecule has 0 aliphatic carbocycles. The summed E-state index contributed by atoms with van der Waals surface area (Å²) in [5.74, 6) is 0. The first-order chi connectivity index (χ1) is 4.72. The van der Waals surface area contributed by atoms with Crippen molar-refractivity contribution in [3.8, 4) is 0 Å². The Morgan fingerprint density at radius 1 is 1.50 bits per heavy atom. The van der Waals surface area contributed by atoms with Gasteiger partial charge in [0.05, 0.1) is 4.92 Å². The highest BCUT2D eigenvalue weighted by molar-refractivity contribution is 8.25. The van der Waals surface area contributed by atoms with Crippen LogP contribution in [0, 0.1) is 10.1 Å². The Morgan fingerprint density at radius 2 is 2.00 bits per heavy atom. The molecule has 0 unspecified atom stereocenters. The van der Waals surface area contributed by atoms with E-state index < -0.39 is 15.8 Å². The van der Waals surface area contributed by atoms with Crippen molar-refractivity contribution in [3.63, 3.8) is 0 Å². The van der Waals surface area contributed by atoms with Crippen LogP contribution in [-0.2, 0) is 0 Å². The molecule has 1 heterocycles. The molecule has 0 atom stereocenters. The van der Waals surface area contributed by atoms with Gasteiger partial charge in [-0.3, -0.25) is 10.1 Å². The van der Waals surface area contributed by atoms with Gasteiger partial charge in [-0.05, 0) is 17.4 Å². The number of rotatable bonds is 2. The van der Waals surface area contributed by atoms with Crippen molar-refractivity contribution >= 4 is 10.9 Å². The molecule has 0 spiro atoms. The monoisotopic (exact) mass is 157 g/mol. The quantitative estimate of drug-likeness (QED) is 0.377. The average Bonchev–Trinajstić information content (AvgIpc) is 2.36. The molecular formula is C6H7NO2S. The summed E-state index contributed by atoms with van der Waals surface area (Å²) in [5, 5.41) is 13.8. The van der Waals surface area contributed by atoms with Crippen LogP contribution in [0.4, 0.5) is 0 Å². The van der Waals surface area contributed by atoms with E-state index in [1.807, 2.05) is 0 Å². The fourth-order valence-electron chi connectivity index (χ4n) is 0.601. The van der Waals surface area contributed by atoms with E-state index >= 15 is 0 Å². The van der Waals surface area contributed by atoms with Crippen LogP contribution in [-0.4, -0.2) is 4.92 Å². The zero-order valence-electron chi connectivity index (χ0n) is 5.23. The van der Waals surface area contributed by atoms with Crippen LogP contribution in [0.2, 0.25) is 0 Å². The molecule has 0 saturated heterocycles. The van der Waals surface area contributed by atoms with E-state index in [4.69, 9.17) is 0 Å². The first-order valence-corrected chi connectivity index (χ1v) is 4.16. The van der Waals surface area contributed by atoms with Gasteiger partial charge in [-0.15, -0.1) is 10.9 Å². The summed E-state index contributed by atoms with van der Waals surface area (Å²) in [6.45, 7) is 3.36. The summed E-state index contributed by atoms with van der Waals surface area (Å²) in [7, 11) is -0.800. The van der Waals surface area contributed by atoms with E-state index in [9.17, 15) is 10.1 Å². The lowest BCUT2D eigenvalue weighted by Crippen LogP contribution is -1.93. The Bertz CT molecular complexity index is 220. The summed E-state index contributed by atoms with van der Waals surface area (Å²) in [4.78, 5) is 9.72. The van der Waals surface area contributed by atoms with Crippen molar-refractivity contribution in [3.05, 3.63) is 44.7 Å². The van der Waals surface area contributed by atoms with Gasteiger partial charge in [0.2, 0.25) is 0 Å². The molecule has 0 aromatic heterocycles. The Morgan fingerprint density at radius 3 is 2.40 bits per heavy atom. The van der Waals surface area contributed by atoms with Crippen molar-refractivity contribution in [1.82, 2.24) is 0 Å². The van der Waals surface area contributed by atoms with Gasteiger partial charge in [-0.1, -0.05) is 12.2 Å². The second kappa shape index (κ2) is 2.70. The maximum Gasteiger partial charge on any atom is 0.283 e. The van der Waals surface area contributed by atoms with Gasteiger partial charge in [-0.2, -0.15) is 0 Å². The molecule has 1 aliphatic heterocycles. The normalized spacial score (nSPS) is 17.8. The number of hydrogen-bond acceptors (Lipinski definition) is 2. The Labute approximate surface area is 61.2 Å². The smallest absolute Gasteiger partial charge is 0.258 e. The SMILES string of the molecule is C=C([N+](=O)[O-])[SH]1C=CC=C1. The average molecular weight is 157 g/mol. The molecule has 54 valence electrons. The summed E-state index contributed by atoms with van der Waals surface area (Å²) in [6, 6.07) is 0. The van der Waals surface area contributed by atoms with E-state index in [0.717, 1.165) is 0 Å². The largest absolute Gasteiger partial charge is 0.283 e. The van der Waals surface area contributed by atoms with Crippen LogP contribution < -0.4 is 0 Å². The highest BCUT2D eigenvalue weighted by Crippen LogP contribution is 2.40. The Hall–Kier alpha value is -1.03. The Balaban J connectivity index is 2.67. The fourth-order valence-corrected chi connectivity index (χ4v) is 1.80. The molecule has 0 aromatic carbocycles. The van der Waals surface area contributed by atoms with E-state index in [1.165, 1.54) is 0 Å². The standard InChI is InChI=1S/C6H7NO2S/c1-6(7(8)9)10-4-2-3-5-10/h2-5,10H,1H2. The van der Waals surface area contributed by atoms with Crippen LogP contribution in [0.25, 0.3) is 0 Å². The molecule has 0 radical (unpaired) electrons. The van der Waals surface area contributed by atoms with Crippen molar-refractivity contribution in [2.24, 2.45) is 0 Å². The first-order valence-electron chi connectivity index (χ1n) is 2.68. The minimum Gasteiger partial charge on any atom is -0.258 e. The maximum absolute atomic E-state index is 10.1. The third-order valence-electron chi connectivity index (χ3n) is 1.11. The minimum absolute atomic E-state index is 0.0972. The topological polar surface area (TPSA) is 43.1 Å². The highest BCUT2D eigenvalue weighted by Gasteiger charge is 2.13. The summed E-state index contributed by atoms with van der Waals surface area (Å²) in [6.07, 6.45) is 3.61. The zero-order valence-corrected chi connectivity index (χ0v) is 6.12. The molecular weight excluding hydrogens is 150 g/mol. The van der Waals surface area contributed by atoms with Gasteiger partial charge < -0.3 is 0 Å². The van der Waals surface area contributed by atoms with E-state index in [1.54, 1.807) is 23.0 Å². The van der Waals surface area contributed by atoms with Gasteiger partial charge >= 0.3 is 0 Å². The Kier molecular flexibility index (Phi) is 1.91. The third-order valence-corrected chi connectivity index (χ3v) is 2.86. The number of allylic oxidation sites excluding steroid dienone is 2. The molecule has 3 nitrogen and oxygen atoms in total. The van der Waals surface area contributed by atoms with E-state index in [-0.39, 0.29) is 5.03 Å². The molecule has 0 fully saturated rings. The molecule has 4 heteroatoms. The summed E-state index contributed by atoms with van der Waals surface area (Å²) < 4.78 is 0. The van der Waals surface area contributed by atoms with Gasteiger partial charge in [0, 0.05) is 0 Å². The van der Waals surface area contributed by atoms with Gasteiger partial charge in [0.25, 0.3) is 5.03 Å². The third kappa shape index (κ3) is 1.27. The number of nitro groups is 1. The minimum atomic E-state index is -0.800. The molecule has 0 saturated carbocycles. The molecule has 0 bridgehead atoms. The lowest BCUT2D eigenvalue weighted by Gasteiger charge is -2.02. The number of nitrogens with zero attached hydrogens (tertiary/aromatic N) is 1. The highest BCUT2D eigenvalue weighted by atomic mass is 32.2. The van der Waals surface area contributed by atoms with Crippen molar-refractivity contribution in [2.75, 3.05) is 0 Å². The molecule has 0 N–H and O–H groups in total. The lowest BCUT2D eigenvalue weighted by atomic mass is 10.6. The predicted octanol–water partition coefficient (Wildman–Crippen LogP) is 1.78. The van der Waals surface area contributed by atoms with Crippen LogP contribution >= 0.6 is 10.9 Å². The second-order valence-corrected chi connectivity index (χ2v) is 3.69. The van der Waals surface area contributed by atoms with Crippen LogP contribution in [0.3, 0.4) is 0 Å². The van der Waals surface area contributed by atoms with Crippen LogP contribution in [0.15, 0.2) is 34.6 Å². The van der Waals surface area contributed by atoms with Crippen molar-refractivity contribution in [1.29, 1.82) is 0 Å².